The van der Waals surface area contributed by atoms with Crippen LogP contribution in [0.15, 0.2) is 30.3 Å². The number of benzene rings is 1. The van der Waals surface area contributed by atoms with Gasteiger partial charge in [0, 0.05) is 18.2 Å². The molecular formula is C20H28N4O. The van der Waals surface area contributed by atoms with Gasteiger partial charge in [-0.25, -0.2) is 4.68 Å². The summed E-state index contributed by atoms with van der Waals surface area (Å²) in [5.41, 5.74) is 10.3. The number of nitrogens with zero attached hydrogens (tertiary/aromatic N) is 2. The van der Waals surface area contributed by atoms with E-state index in [1.54, 1.807) is 0 Å². The van der Waals surface area contributed by atoms with E-state index in [1.807, 2.05) is 37.6 Å². The Morgan fingerprint density at radius 3 is 2.60 bits per heavy atom. The molecule has 0 spiro atoms. The molecule has 3 rings (SSSR count). The lowest BCUT2D eigenvalue weighted by Gasteiger charge is -2.18. The van der Waals surface area contributed by atoms with Gasteiger partial charge in [-0.05, 0) is 63.3 Å². The van der Waals surface area contributed by atoms with Crippen molar-refractivity contribution in [2.24, 2.45) is 11.7 Å². The van der Waals surface area contributed by atoms with Crippen LogP contribution in [0.4, 0.5) is 0 Å². The summed E-state index contributed by atoms with van der Waals surface area (Å²) >= 11 is 0. The molecule has 1 unspecified atom stereocenters. The van der Waals surface area contributed by atoms with Gasteiger partial charge >= 0.3 is 0 Å². The lowest BCUT2D eigenvalue weighted by molar-refractivity contribution is -0.122. The highest BCUT2D eigenvalue weighted by atomic mass is 16.1. The van der Waals surface area contributed by atoms with Gasteiger partial charge in [0.25, 0.3) is 0 Å². The Bertz CT molecular complexity index is 735. The fourth-order valence-corrected chi connectivity index (χ4v) is 3.74. The maximum atomic E-state index is 12.3. The van der Waals surface area contributed by atoms with Gasteiger partial charge in [-0.2, -0.15) is 5.10 Å². The van der Waals surface area contributed by atoms with Crippen molar-refractivity contribution in [3.05, 3.63) is 47.3 Å². The molecule has 1 amide bonds. The van der Waals surface area contributed by atoms with Crippen molar-refractivity contribution in [1.82, 2.24) is 15.1 Å². The first-order chi connectivity index (χ1) is 11.9. The number of aromatic nitrogens is 2. The zero-order valence-electron chi connectivity index (χ0n) is 15.3. The Kier molecular flexibility index (Phi) is 5.23. The minimum atomic E-state index is -0.0142. The molecule has 1 saturated carbocycles. The number of hydrogen-bond acceptors (Lipinski definition) is 3. The van der Waals surface area contributed by atoms with E-state index in [0.29, 0.717) is 12.3 Å². The third-order valence-corrected chi connectivity index (χ3v) is 5.19. The molecule has 0 saturated heterocycles. The summed E-state index contributed by atoms with van der Waals surface area (Å²) in [5.74, 6) is 0.429. The lowest BCUT2D eigenvalue weighted by atomic mass is 9.99. The molecule has 1 fully saturated rings. The van der Waals surface area contributed by atoms with Gasteiger partial charge in [-0.3, -0.25) is 4.79 Å². The predicted molar refractivity (Wildman–Crippen MR) is 99.5 cm³/mol. The molecule has 1 aliphatic rings. The van der Waals surface area contributed by atoms with Gasteiger partial charge in [0.05, 0.1) is 17.4 Å². The second-order valence-corrected chi connectivity index (χ2v) is 7.28. The Morgan fingerprint density at radius 2 is 2.04 bits per heavy atom. The number of hydrogen-bond donors (Lipinski definition) is 2. The summed E-state index contributed by atoms with van der Waals surface area (Å²) in [4.78, 5) is 12.3. The van der Waals surface area contributed by atoms with Crippen LogP contribution in [0.25, 0.3) is 5.69 Å². The van der Waals surface area contributed by atoms with Crippen LogP contribution in [0.1, 0.15) is 55.6 Å². The average Bonchev–Trinajstić information content (AvgIpc) is 3.12. The SMILES string of the molecule is Cc1cc(C)n(-c2ccc(C(C)NC(=O)C[C@@H]3CCC[C@H]3N)cc2)n1. The van der Waals surface area contributed by atoms with Gasteiger partial charge in [0.1, 0.15) is 0 Å². The quantitative estimate of drug-likeness (QED) is 0.878. The number of rotatable bonds is 5. The molecule has 5 nitrogen and oxygen atoms in total. The summed E-state index contributed by atoms with van der Waals surface area (Å²) in [6.45, 7) is 6.06. The van der Waals surface area contributed by atoms with E-state index < -0.39 is 0 Å². The Hall–Kier alpha value is -2.14. The maximum absolute atomic E-state index is 12.3. The number of aryl methyl sites for hydroxylation is 2. The second kappa shape index (κ2) is 7.40. The van der Waals surface area contributed by atoms with E-state index in [-0.39, 0.29) is 18.0 Å². The highest BCUT2D eigenvalue weighted by molar-refractivity contribution is 5.76. The third kappa shape index (κ3) is 4.10. The Labute approximate surface area is 149 Å². The molecule has 3 N–H and O–H groups in total. The number of amides is 1. The first kappa shape index (κ1) is 17.7. The van der Waals surface area contributed by atoms with Crippen LogP contribution >= 0.6 is 0 Å². The molecule has 25 heavy (non-hydrogen) atoms. The first-order valence-electron chi connectivity index (χ1n) is 9.12. The summed E-state index contributed by atoms with van der Waals surface area (Å²) in [7, 11) is 0. The minimum Gasteiger partial charge on any atom is -0.350 e. The largest absolute Gasteiger partial charge is 0.350 e. The summed E-state index contributed by atoms with van der Waals surface area (Å²) in [6, 6.07) is 10.4. The number of carbonyl (C=O) groups is 1. The molecule has 0 aliphatic heterocycles. The van der Waals surface area contributed by atoms with Gasteiger partial charge in [-0.1, -0.05) is 18.6 Å². The number of carbonyl (C=O) groups excluding carboxylic acids is 1. The van der Waals surface area contributed by atoms with Crippen molar-refractivity contribution in [2.45, 2.75) is 58.5 Å². The van der Waals surface area contributed by atoms with Crippen LogP contribution in [0.5, 0.6) is 0 Å². The van der Waals surface area contributed by atoms with Crippen LogP contribution in [-0.4, -0.2) is 21.7 Å². The fourth-order valence-electron chi connectivity index (χ4n) is 3.74. The van der Waals surface area contributed by atoms with Crippen LogP contribution in [0, 0.1) is 19.8 Å². The minimum absolute atomic E-state index is 0.0142. The fraction of sp³-hybridized carbons (Fsp3) is 0.500. The van der Waals surface area contributed by atoms with E-state index in [0.717, 1.165) is 41.9 Å². The van der Waals surface area contributed by atoms with E-state index in [9.17, 15) is 4.79 Å². The van der Waals surface area contributed by atoms with Crippen molar-refractivity contribution in [3.63, 3.8) is 0 Å². The van der Waals surface area contributed by atoms with Crippen LogP contribution < -0.4 is 11.1 Å². The molecule has 1 aromatic carbocycles. The smallest absolute Gasteiger partial charge is 0.220 e. The van der Waals surface area contributed by atoms with Crippen molar-refractivity contribution in [1.29, 1.82) is 0 Å². The Morgan fingerprint density at radius 1 is 1.32 bits per heavy atom. The first-order valence-corrected chi connectivity index (χ1v) is 9.12. The number of nitrogens with two attached hydrogens (primary N) is 1. The van der Waals surface area contributed by atoms with Crippen molar-refractivity contribution in [3.8, 4) is 5.69 Å². The standard InChI is InChI=1S/C20H28N4O/c1-13-11-14(2)24(23-13)18-9-7-16(8-10-18)15(3)22-20(25)12-17-5-4-6-19(17)21/h7-11,15,17,19H,4-6,12,21H2,1-3H3,(H,22,25)/t15?,17-,19+/m0/s1. The summed E-state index contributed by atoms with van der Waals surface area (Å²) < 4.78 is 1.93. The third-order valence-electron chi connectivity index (χ3n) is 5.19. The molecule has 3 atom stereocenters. The molecule has 0 bridgehead atoms. The van der Waals surface area contributed by atoms with Gasteiger partial charge in [0.15, 0.2) is 0 Å². The normalized spacial score (nSPS) is 21.3. The monoisotopic (exact) mass is 340 g/mol. The highest BCUT2D eigenvalue weighted by Gasteiger charge is 2.26. The van der Waals surface area contributed by atoms with E-state index >= 15 is 0 Å². The van der Waals surface area contributed by atoms with Gasteiger partial charge in [0.2, 0.25) is 5.91 Å². The lowest BCUT2D eigenvalue weighted by Crippen LogP contribution is -2.32. The summed E-state index contributed by atoms with van der Waals surface area (Å²) in [6.07, 6.45) is 3.79. The van der Waals surface area contributed by atoms with Crippen LogP contribution in [-0.2, 0) is 4.79 Å². The van der Waals surface area contributed by atoms with E-state index in [1.165, 1.54) is 0 Å². The molecule has 1 heterocycles. The van der Waals surface area contributed by atoms with E-state index in [4.69, 9.17) is 5.73 Å². The second-order valence-electron chi connectivity index (χ2n) is 7.28. The van der Waals surface area contributed by atoms with Crippen LogP contribution in [0.2, 0.25) is 0 Å². The van der Waals surface area contributed by atoms with E-state index in [2.05, 4.69) is 28.6 Å². The zero-order chi connectivity index (χ0) is 18.0. The molecule has 134 valence electrons. The van der Waals surface area contributed by atoms with Crippen LogP contribution in [0.3, 0.4) is 0 Å². The van der Waals surface area contributed by atoms with Crippen molar-refractivity contribution < 1.29 is 4.79 Å². The molecule has 1 aliphatic carbocycles. The molecule has 0 radical (unpaired) electrons. The highest BCUT2D eigenvalue weighted by Crippen LogP contribution is 2.27. The molecule has 5 heteroatoms. The molecule has 1 aromatic heterocycles. The van der Waals surface area contributed by atoms with Gasteiger partial charge < -0.3 is 11.1 Å². The van der Waals surface area contributed by atoms with Crippen molar-refractivity contribution in [2.75, 3.05) is 0 Å². The van der Waals surface area contributed by atoms with Gasteiger partial charge in [-0.15, -0.1) is 0 Å². The summed E-state index contributed by atoms with van der Waals surface area (Å²) in [5, 5.41) is 7.60. The molecular weight excluding hydrogens is 312 g/mol. The average molecular weight is 340 g/mol. The maximum Gasteiger partial charge on any atom is 0.220 e. The topological polar surface area (TPSA) is 72.9 Å². The Balaban J connectivity index is 1.61. The predicted octanol–water partition coefficient (Wildman–Crippen LogP) is 3.18. The number of nitrogens with one attached hydrogen (secondary N) is 1. The van der Waals surface area contributed by atoms with Crippen molar-refractivity contribution >= 4 is 5.91 Å². The zero-order valence-corrected chi connectivity index (χ0v) is 15.3. The molecule has 2 aromatic rings.